The summed E-state index contributed by atoms with van der Waals surface area (Å²) in [6, 6.07) is 10.3. The van der Waals surface area contributed by atoms with Crippen molar-refractivity contribution in [2.75, 3.05) is 0 Å². The van der Waals surface area contributed by atoms with Crippen LogP contribution < -0.4 is 0 Å². The number of rotatable bonds is 3. The van der Waals surface area contributed by atoms with Crippen molar-refractivity contribution in [3.05, 3.63) is 54.5 Å². The molecule has 112 valence electrons. The fourth-order valence-electron chi connectivity index (χ4n) is 1.75. The molecule has 0 atom stereocenters. The van der Waals surface area contributed by atoms with Gasteiger partial charge in [-0.3, -0.25) is 0 Å². The predicted molar refractivity (Wildman–Crippen MR) is 75.2 cm³/mol. The Morgan fingerprint density at radius 3 is 2.50 bits per heavy atom. The van der Waals surface area contributed by atoms with E-state index in [9.17, 15) is 13.2 Å². The summed E-state index contributed by atoms with van der Waals surface area (Å²) in [7, 11) is 0. The van der Waals surface area contributed by atoms with E-state index in [1.807, 2.05) is 30.3 Å². The smallest absolute Gasteiger partial charge is 0.333 e. The summed E-state index contributed by atoms with van der Waals surface area (Å²) in [4.78, 5) is 14.5. The molecule has 4 nitrogen and oxygen atoms in total. The molecule has 0 radical (unpaired) electrons. The molecule has 0 amide bonds. The first-order valence-electron chi connectivity index (χ1n) is 6.21. The maximum atomic E-state index is 12.6. The van der Waals surface area contributed by atoms with Crippen LogP contribution in [-0.2, 0) is 6.18 Å². The van der Waals surface area contributed by atoms with Crippen LogP contribution in [0.25, 0.3) is 11.3 Å². The van der Waals surface area contributed by atoms with Gasteiger partial charge in [0.2, 0.25) is 0 Å². The van der Waals surface area contributed by atoms with Gasteiger partial charge in [0.1, 0.15) is 5.69 Å². The van der Waals surface area contributed by atoms with Crippen LogP contribution in [0.4, 0.5) is 13.2 Å². The molecule has 2 heterocycles. The number of hydrogen-bond acceptors (Lipinski definition) is 4. The van der Waals surface area contributed by atoms with E-state index < -0.39 is 11.9 Å². The lowest BCUT2D eigenvalue weighted by molar-refractivity contribution is -0.141. The van der Waals surface area contributed by atoms with Gasteiger partial charge in [0, 0.05) is 6.20 Å². The molecule has 8 heteroatoms. The molecule has 3 aromatic rings. The largest absolute Gasteiger partial charge is 0.433 e. The topological polar surface area (TPSA) is 54.5 Å². The van der Waals surface area contributed by atoms with E-state index in [2.05, 4.69) is 19.9 Å². The molecular formula is C14H9F3N4S. The Bertz CT molecular complexity index is 771. The van der Waals surface area contributed by atoms with Crippen LogP contribution in [0.5, 0.6) is 0 Å². The number of H-pyrrole nitrogens is 1. The van der Waals surface area contributed by atoms with E-state index in [4.69, 9.17) is 0 Å². The van der Waals surface area contributed by atoms with Gasteiger partial charge < -0.3 is 4.98 Å². The van der Waals surface area contributed by atoms with Gasteiger partial charge in [0.05, 0.1) is 11.9 Å². The highest BCUT2D eigenvalue weighted by atomic mass is 32.2. The van der Waals surface area contributed by atoms with Crippen molar-refractivity contribution in [1.29, 1.82) is 0 Å². The summed E-state index contributed by atoms with van der Waals surface area (Å²) in [5, 5.41) is 0.418. The predicted octanol–water partition coefficient (Wildman–Crippen LogP) is 4.04. The summed E-state index contributed by atoms with van der Waals surface area (Å²) < 4.78 is 37.8. The standard InChI is InChI=1S/C14H9F3N4S/c15-14(16,17)11-6-7-18-12(21-11)22-13-19-8-10(20-13)9-4-2-1-3-5-9/h1-8H,(H,19,20). The molecule has 2 aromatic heterocycles. The van der Waals surface area contributed by atoms with Crippen molar-refractivity contribution in [2.24, 2.45) is 0 Å². The molecule has 0 saturated heterocycles. The van der Waals surface area contributed by atoms with Crippen LogP contribution in [0.1, 0.15) is 5.69 Å². The Hall–Kier alpha value is -2.35. The number of hydrogen-bond donors (Lipinski definition) is 1. The highest BCUT2D eigenvalue weighted by Crippen LogP contribution is 2.30. The average molecular weight is 322 g/mol. The average Bonchev–Trinajstić information content (AvgIpc) is 2.96. The third-order valence-corrected chi connectivity index (χ3v) is 3.53. The molecule has 0 saturated carbocycles. The molecule has 0 aliphatic rings. The third kappa shape index (κ3) is 3.28. The van der Waals surface area contributed by atoms with Gasteiger partial charge in [-0.25, -0.2) is 15.0 Å². The van der Waals surface area contributed by atoms with Gasteiger partial charge in [0.25, 0.3) is 0 Å². The summed E-state index contributed by atoms with van der Waals surface area (Å²) in [5.74, 6) is 0. The van der Waals surface area contributed by atoms with Gasteiger partial charge in [0.15, 0.2) is 10.3 Å². The SMILES string of the molecule is FC(F)(F)c1ccnc(Sc2ncc(-c3ccccc3)[nH]2)n1. The minimum Gasteiger partial charge on any atom is -0.333 e. The highest BCUT2D eigenvalue weighted by Gasteiger charge is 2.32. The van der Waals surface area contributed by atoms with Crippen LogP contribution in [0.15, 0.2) is 59.1 Å². The van der Waals surface area contributed by atoms with E-state index in [1.165, 1.54) is 0 Å². The number of benzene rings is 1. The number of imidazole rings is 1. The Labute approximate surface area is 127 Å². The Morgan fingerprint density at radius 2 is 1.77 bits per heavy atom. The minimum absolute atomic E-state index is 0.0104. The van der Waals surface area contributed by atoms with Gasteiger partial charge >= 0.3 is 6.18 Å². The first-order valence-corrected chi connectivity index (χ1v) is 7.02. The quantitative estimate of drug-likeness (QED) is 0.740. The monoisotopic (exact) mass is 322 g/mol. The normalized spacial score (nSPS) is 11.6. The van der Waals surface area contributed by atoms with Gasteiger partial charge in [-0.2, -0.15) is 13.2 Å². The van der Waals surface area contributed by atoms with Crippen molar-refractivity contribution in [2.45, 2.75) is 16.5 Å². The van der Waals surface area contributed by atoms with Crippen LogP contribution in [0, 0.1) is 0 Å². The summed E-state index contributed by atoms with van der Waals surface area (Å²) in [6.07, 6.45) is -1.79. The Balaban J connectivity index is 1.81. The number of nitrogens with zero attached hydrogens (tertiary/aromatic N) is 3. The maximum Gasteiger partial charge on any atom is 0.433 e. The maximum absolute atomic E-state index is 12.6. The number of halogens is 3. The van der Waals surface area contributed by atoms with Crippen LogP contribution in [0.2, 0.25) is 0 Å². The minimum atomic E-state index is -4.49. The molecule has 0 spiro atoms. The zero-order valence-electron chi connectivity index (χ0n) is 11.0. The summed E-state index contributed by atoms with van der Waals surface area (Å²) in [6.45, 7) is 0. The van der Waals surface area contributed by atoms with Crippen molar-refractivity contribution < 1.29 is 13.2 Å². The number of aromatic amines is 1. The van der Waals surface area contributed by atoms with Gasteiger partial charge in [-0.1, -0.05) is 30.3 Å². The van der Waals surface area contributed by atoms with Gasteiger partial charge in [-0.15, -0.1) is 0 Å². The molecule has 0 unspecified atom stereocenters. The first kappa shape index (κ1) is 14.6. The molecule has 0 fully saturated rings. The zero-order chi connectivity index (χ0) is 15.6. The fourth-order valence-corrected chi connectivity index (χ4v) is 2.45. The van der Waals surface area contributed by atoms with Crippen LogP contribution in [0.3, 0.4) is 0 Å². The summed E-state index contributed by atoms with van der Waals surface area (Å²) >= 11 is 0.944. The molecule has 22 heavy (non-hydrogen) atoms. The third-order valence-electron chi connectivity index (χ3n) is 2.75. The fraction of sp³-hybridized carbons (Fsp3) is 0.0714. The second kappa shape index (κ2) is 5.80. The van der Waals surface area contributed by atoms with Gasteiger partial charge in [-0.05, 0) is 23.4 Å². The number of alkyl halides is 3. The van der Waals surface area contributed by atoms with Crippen molar-refractivity contribution in [3.63, 3.8) is 0 Å². The van der Waals surface area contributed by atoms with Crippen LogP contribution in [-0.4, -0.2) is 19.9 Å². The second-order valence-electron chi connectivity index (χ2n) is 4.29. The van der Waals surface area contributed by atoms with E-state index in [0.29, 0.717) is 5.16 Å². The molecule has 0 aliphatic heterocycles. The van der Waals surface area contributed by atoms with E-state index in [0.717, 1.165) is 35.3 Å². The second-order valence-corrected chi connectivity index (χ2v) is 5.25. The molecule has 1 N–H and O–H groups in total. The van der Waals surface area contributed by atoms with Crippen LogP contribution >= 0.6 is 11.8 Å². The first-order chi connectivity index (χ1) is 10.5. The number of aromatic nitrogens is 4. The highest BCUT2D eigenvalue weighted by molar-refractivity contribution is 7.99. The molecule has 0 aliphatic carbocycles. The Morgan fingerprint density at radius 1 is 1.00 bits per heavy atom. The van der Waals surface area contributed by atoms with Crippen molar-refractivity contribution in [3.8, 4) is 11.3 Å². The summed E-state index contributed by atoms with van der Waals surface area (Å²) in [5.41, 5.74) is 0.738. The lowest BCUT2D eigenvalue weighted by Gasteiger charge is -2.05. The van der Waals surface area contributed by atoms with E-state index >= 15 is 0 Å². The molecule has 3 rings (SSSR count). The molecule has 1 aromatic carbocycles. The van der Waals surface area contributed by atoms with Crippen molar-refractivity contribution in [1.82, 2.24) is 19.9 Å². The van der Waals surface area contributed by atoms with E-state index in [1.54, 1.807) is 6.20 Å². The Kier molecular flexibility index (Phi) is 3.84. The molecular weight excluding hydrogens is 313 g/mol. The lowest BCUT2D eigenvalue weighted by Crippen LogP contribution is -2.08. The van der Waals surface area contributed by atoms with E-state index in [-0.39, 0.29) is 5.16 Å². The van der Waals surface area contributed by atoms with Crippen molar-refractivity contribution >= 4 is 11.8 Å². The molecule has 0 bridgehead atoms. The number of nitrogens with one attached hydrogen (secondary N) is 1. The zero-order valence-corrected chi connectivity index (χ0v) is 11.8. The lowest BCUT2D eigenvalue weighted by atomic mass is 10.2.